The van der Waals surface area contributed by atoms with Gasteiger partial charge in [0.15, 0.2) is 15.8 Å². The zero-order chi connectivity index (χ0) is 22.9. The van der Waals surface area contributed by atoms with Gasteiger partial charge in [0.1, 0.15) is 5.75 Å². The second kappa shape index (κ2) is 13.7. The molecule has 0 fully saturated rings. The molecule has 0 unspecified atom stereocenters. The first-order valence-electron chi connectivity index (χ1n) is 10.6. The van der Waals surface area contributed by atoms with Crippen molar-refractivity contribution in [3.63, 3.8) is 0 Å². The number of benzene rings is 2. The highest BCUT2D eigenvalue weighted by atomic mass is 127. The molecule has 0 bridgehead atoms. The lowest BCUT2D eigenvalue weighted by atomic mass is 10.1. The van der Waals surface area contributed by atoms with E-state index in [0.29, 0.717) is 36.5 Å². The van der Waals surface area contributed by atoms with Gasteiger partial charge in [0.25, 0.3) is 0 Å². The van der Waals surface area contributed by atoms with Crippen LogP contribution in [0.15, 0.2) is 52.4 Å². The molecule has 32 heavy (non-hydrogen) atoms. The van der Waals surface area contributed by atoms with Crippen molar-refractivity contribution in [2.24, 2.45) is 10.9 Å². The highest BCUT2D eigenvalue weighted by Gasteiger charge is 2.08. The summed E-state index contributed by atoms with van der Waals surface area (Å²) in [6.45, 7) is 8.45. The van der Waals surface area contributed by atoms with E-state index in [-0.39, 0.29) is 24.0 Å². The van der Waals surface area contributed by atoms with Gasteiger partial charge in [0, 0.05) is 32.0 Å². The maximum Gasteiger partial charge on any atom is 0.191 e. The van der Waals surface area contributed by atoms with Gasteiger partial charge in [-0.05, 0) is 55.0 Å². The molecule has 2 rings (SSSR count). The molecule has 0 aliphatic rings. The van der Waals surface area contributed by atoms with E-state index in [0.717, 1.165) is 29.7 Å². The molecule has 0 aliphatic carbocycles. The van der Waals surface area contributed by atoms with Crippen LogP contribution < -0.4 is 15.4 Å². The Morgan fingerprint density at radius 2 is 1.78 bits per heavy atom. The van der Waals surface area contributed by atoms with Gasteiger partial charge in [-0.15, -0.1) is 24.0 Å². The highest BCUT2D eigenvalue weighted by molar-refractivity contribution is 14.0. The third-order valence-electron chi connectivity index (χ3n) is 4.90. The number of ether oxygens (including phenoxy) is 1. The molecule has 0 heterocycles. The zero-order valence-electron chi connectivity index (χ0n) is 19.6. The second-order valence-electron chi connectivity index (χ2n) is 8.16. The smallest absolute Gasteiger partial charge is 0.191 e. The first-order chi connectivity index (χ1) is 14.7. The summed E-state index contributed by atoms with van der Waals surface area (Å²) in [5.41, 5.74) is 3.33. The zero-order valence-corrected chi connectivity index (χ0v) is 22.8. The van der Waals surface area contributed by atoms with Crippen LogP contribution in [0.5, 0.6) is 5.75 Å². The van der Waals surface area contributed by atoms with Crippen molar-refractivity contribution >= 4 is 39.8 Å². The third kappa shape index (κ3) is 9.77. The van der Waals surface area contributed by atoms with E-state index < -0.39 is 9.84 Å². The van der Waals surface area contributed by atoms with E-state index in [9.17, 15) is 8.42 Å². The van der Waals surface area contributed by atoms with Crippen LogP contribution in [0.1, 0.15) is 37.0 Å². The van der Waals surface area contributed by atoms with Crippen molar-refractivity contribution < 1.29 is 13.2 Å². The Labute approximate surface area is 210 Å². The van der Waals surface area contributed by atoms with E-state index in [1.807, 2.05) is 12.1 Å². The van der Waals surface area contributed by atoms with Crippen molar-refractivity contribution in [1.29, 1.82) is 0 Å². The molecule has 0 saturated carbocycles. The quantitative estimate of drug-likeness (QED) is 0.251. The Kier molecular flexibility index (Phi) is 12.1. The van der Waals surface area contributed by atoms with Crippen molar-refractivity contribution in [3.8, 4) is 5.75 Å². The van der Waals surface area contributed by atoms with Crippen LogP contribution in [-0.4, -0.2) is 40.8 Å². The van der Waals surface area contributed by atoms with Gasteiger partial charge in [0.2, 0.25) is 0 Å². The lowest BCUT2D eigenvalue weighted by Crippen LogP contribution is -2.37. The van der Waals surface area contributed by atoms with Crippen molar-refractivity contribution in [3.05, 3.63) is 59.2 Å². The van der Waals surface area contributed by atoms with Crippen molar-refractivity contribution in [2.45, 2.75) is 45.1 Å². The largest absolute Gasteiger partial charge is 0.493 e. The molecule has 178 valence electrons. The van der Waals surface area contributed by atoms with Gasteiger partial charge in [-0.2, -0.15) is 0 Å². The van der Waals surface area contributed by atoms with Gasteiger partial charge >= 0.3 is 0 Å². The molecule has 0 aliphatic heterocycles. The Balaban J connectivity index is 0.00000512. The van der Waals surface area contributed by atoms with E-state index in [4.69, 9.17) is 4.74 Å². The number of sulfone groups is 1. The third-order valence-corrected chi connectivity index (χ3v) is 6.03. The fourth-order valence-electron chi connectivity index (χ4n) is 2.97. The van der Waals surface area contributed by atoms with E-state index in [1.165, 1.54) is 11.8 Å². The maximum atomic E-state index is 11.6. The normalized spacial score (nSPS) is 11.8. The molecule has 0 saturated heterocycles. The van der Waals surface area contributed by atoms with E-state index in [1.54, 1.807) is 19.2 Å². The van der Waals surface area contributed by atoms with Gasteiger partial charge < -0.3 is 15.4 Å². The van der Waals surface area contributed by atoms with Crippen molar-refractivity contribution in [2.75, 3.05) is 26.5 Å². The molecule has 0 radical (unpaired) electrons. The second-order valence-corrected chi connectivity index (χ2v) is 10.2. The molecule has 2 aromatic rings. The minimum absolute atomic E-state index is 0. The molecule has 0 atom stereocenters. The fourth-order valence-corrected chi connectivity index (χ4v) is 3.61. The summed E-state index contributed by atoms with van der Waals surface area (Å²) in [5.74, 6) is 2.23. The predicted octanol–water partition coefficient (Wildman–Crippen LogP) is 4.35. The number of hydrogen-bond donors (Lipinski definition) is 2. The summed E-state index contributed by atoms with van der Waals surface area (Å²) in [6, 6.07) is 13.2. The summed E-state index contributed by atoms with van der Waals surface area (Å²) in [5, 5.41) is 6.64. The average Bonchev–Trinajstić information content (AvgIpc) is 2.71. The van der Waals surface area contributed by atoms with Gasteiger partial charge in [-0.1, -0.05) is 38.1 Å². The molecule has 2 aromatic carbocycles. The Bertz CT molecular complexity index is 974. The SMILES string of the molecule is CN=C(NCCc1ccc(S(C)(=O)=O)cc1)NCc1ccc(C)cc1OCCC(C)C.I. The van der Waals surface area contributed by atoms with E-state index in [2.05, 4.69) is 54.6 Å². The summed E-state index contributed by atoms with van der Waals surface area (Å²) in [4.78, 5) is 4.63. The number of rotatable bonds is 10. The molecule has 0 aromatic heterocycles. The van der Waals surface area contributed by atoms with E-state index >= 15 is 0 Å². The predicted molar refractivity (Wildman–Crippen MR) is 143 cm³/mol. The molecule has 0 amide bonds. The molecular weight excluding hydrogens is 537 g/mol. The average molecular weight is 574 g/mol. The minimum Gasteiger partial charge on any atom is -0.493 e. The first-order valence-corrected chi connectivity index (χ1v) is 12.5. The Morgan fingerprint density at radius 3 is 2.38 bits per heavy atom. The number of aryl methyl sites for hydroxylation is 1. The lowest BCUT2D eigenvalue weighted by Gasteiger charge is -2.16. The van der Waals surface area contributed by atoms with Crippen LogP contribution in [0.2, 0.25) is 0 Å². The summed E-state index contributed by atoms with van der Waals surface area (Å²) in [6.07, 6.45) is 3.00. The lowest BCUT2D eigenvalue weighted by molar-refractivity contribution is 0.286. The van der Waals surface area contributed by atoms with Crippen LogP contribution >= 0.6 is 24.0 Å². The number of hydrogen-bond acceptors (Lipinski definition) is 4. The standard InChI is InChI=1S/C24H35N3O3S.HI/c1-18(2)13-15-30-23-16-19(3)6-9-21(23)17-27-24(25-4)26-14-12-20-7-10-22(11-8-20)31(5,28)29;/h6-11,16,18H,12-15,17H2,1-5H3,(H2,25,26,27);1H. The van der Waals surface area contributed by atoms with Crippen LogP contribution in [-0.2, 0) is 22.8 Å². The fraction of sp³-hybridized carbons (Fsp3) is 0.458. The summed E-state index contributed by atoms with van der Waals surface area (Å²) >= 11 is 0. The topological polar surface area (TPSA) is 79.8 Å². The monoisotopic (exact) mass is 573 g/mol. The summed E-state index contributed by atoms with van der Waals surface area (Å²) < 4.78 is 29.1. The molecule has 0 spiro atoms. The first kappa shape index (κ1) is 28.2. The van der Waals surface area contributed by atoms with Gasteiger partial charge in [-0.25, -0.2) is 8.42 Å². The van der Waals surface area contributed by atoms with Gasteiger partial charge in [-0.3, -0.25) is 4.99 Å². The molecule has 6 nitrogen and oxygen atoms in total. The van der Waals surface area contributed by atoms with Crippen molar-refractivity contribution in [1.82, 2.24) is 10.6 Å². The van der Waals surface area contributed by atoms with Crippen LogP contribution in [0, 0.1) is 12.8 Å². The molecule has 2 N–H and O–H groups in total. The Hall–Kier alpha value is -1.81. The van der Waals surface area contributed by atoms with Gasteiger partial charge in [0.05, 0.1) is 11.5 Å². The number of guanidine groups is 1. The number of halogens is 1. The molecule has 8 heteroatoms. The number of aliphatic imine (C=N–C) groups is 1. The van der Waals surface area contributed by atoms with Crippen LogP contribution in [0.25, 0.3) is 0 Å². The Morgan fingerprint density at radius 1 is 1.09 bits per heavy atom. The summed E-state index contributed by atoms with van der Waals surface area (Å²) in [7, 11) is -1.42. The number of nitrogens with one attached hydrogen (secondary N) is 2. The molecular formula is C24H36IN3O3S. The maximum absolute atomic E-state index is 11.6. The minimum atomic E-state index is -3.16. The van der Waals surface area contributed by atoms with Crippen LogP contribution in [0.4, 0.5) is 0 Å². The van der Waals surface area contributed by atoms with Crippen LogP contribution in [0.3, 0.4) is 0 Å². The number of nitrogens with zero attached hydrogens (tertiary/aromatic N) is 1. The highest BCUT2D eigenvalue weighted by Crippen LogP contribution is 2.21.